The smallest absolute Gasteiger partial charge is 0.271 e. The zero-order chi connectivity index (χ0) is 17.6. The van der Waals surface area contributed by atoms with Crippen LogP contribution in [0.5, 0.6) is 0 Å². The molecular weight excluding hydrogens is 326 g/mol. The van der Waals surface area contributed by atoms with Gasteiger partial charge in [0, 0.05) is 12.2 Å². The van der Waals surface area contributed by atoms with Crippen LogP contribution in [-0.2, 0) is 6.54 Å². The molecule has 0 aliphatic rings. The first-order valence-corrected chi connectivity index (χ1v) is 7.47. The molecule has 0 unspecified atom stereocenters. The van der Waals surface area contributed by atoms with Crippen LogP contribution in [0, 0.1) is 11.6 Å². The molecule has 0 bridgehead atoms. The topological polar surface area (TPSA) is 66.9 Å². The summed E-state index contributed by atoms with van der Waals surface area (Å²) in [6.07, 6.45) is 2.71. The predicted molar refractivity (Wildman–Crippen MR) is 89.3 cm³/mol. The van der Waals surface area contributed by atoms with Crippen molar-refractivity contribution in [3.63, 3.8) is 0 Å². The summed E-state index contributed by atoms with van der Waals surface area (Å²) in [5.41, 5.74) is 1.45. The number of anilines is 2. The third-order valence-corrected chi connectivity index (χ3v) is 3.35. The molecule has 0 spiro atoms. The Hall–Kier alpha value is -3.35. The van der Waals surface area contributed by atoms with Crippen molar-refractivity contribution >= 4 is 17.4 Å². The first-order valence-electron chi connectivity index (χ1n) is 7.47. The molecule has 0 saturated carbocycles. The Labute approximate surface area is 142 Å². The fourth-order valence-electron chi connectivity index (χ4n) is 2.10. The molecular formula is C18H14F2N4O. The number of hydrogen-bond acceptors (Lipinski definition) is 4. The van der Waals surface area contributed by atoms with Crippen LogP contribution >= 0.6 is 0 Å². The Bertz CT molecular complexity index is 867. The Balaban J connectivity index is 1.59. The maximum Gasteiger partial charge on any atom is 0.271 e. The van der Waals surface area contributed by atoms with Crippen LogP contribution in [0.4, 0.5) is 20.3 Å². The average molecular weight is 340 g/mol. The van der Waals surface area contributed by atoms with Crippen LogP contribution in [0.3, 0.4) is 0 Å². The van der Waals surface area contributed by atoms with Crippen LogP contribution in [0.25, 0.3) is 0 Å². The van der Waals surface area contributed by atoms with E-state index in [0.29, 0.717) is 11.5 Å². The van der Waals surface area contributed by atoms with Crippen molar-refractivity contribution in [2.24, 2.45) is 0 Å². The number of hydrogen-bond donors (Lipinski definition) is 2. The molecule has 1 heterocycles. The molecule has 0 saturated heterocycles. The van der Waals surface area contributed by atoms with Gasteiger partial charge in [-0.15, -0.1) is 0 Å². The summed E-state index contributed by atoms with van der Waals surface area (Å²) in [6.45, 7) is 0.254. The Kier molecular flexibility index (Phi) is 4.94. The molecule has 0 atom stereocenters. The van der Waals surface area contributed by atoms with E-state index in [1.54, 1.807) is 24.3 Å². The molecule has 2 N–H and O–H groups in total. The van der Waals surface area contributed by atoms with Gasteiger partial charge in [0.1, 0.15) is 23.1 Å². The van der Waals surface area contributed by atoms with Gasteiger partial charge in [-0.05, 0) is 35.9 Å². The molecule has 1 aromatic heterocycles. The highest BCUT2D eigenvalue weighted by molar-refractivity contribution is 5.92. The van der Waals surface area contributed by atoms with Gasteiger partial charge in [0.25, 0.3) is 5.91 Å². The second-order valence-corrected chi connectivity index (χ2v) is 5.23. The normalized spacial score (nSPS) is 10.3. The predicted octanol–water partition coefficient (Wildman–Crippen LogP) is 3.43. The SMILES string of the molecule is O=C(NCc1ccc(F)cc1)c1cnc(Nc2cccc(F)c2)cn1. The van der Waals surface area contributed by atoms with Gasteiger partial charge in [-0.3, -0.25) is 4.79 Å². The van der Waals surface area contributed by atoms with Crippen LogP contribution in [0.2, 0.25) is 0 Å². The minimum absolute atomic E-state index is 0.145. The number of amides is 1. The van der Waals surface area contributed by atoms with Gasteiger partial charge in [-0.1, -0.05) is 18.2 Å². The van der Waals surface area contributed by atoms with E-state index in [2.05, 4.69) is 20.6 Å². The standard InChI is InChI=1S/C18H14F2N4O/c19-13-6-4-12(5-7-13)9-23-18(25)16-10-22-17(11-21-16)24-15-3-1-2-14(20)8-15/h1-8,10-11H,9H2,(H,22,24)(H,23,25). The molecule has 1 amide bonds. The van der Waals surface area contributed by atoms with Crippen molar-refractivity contribution in [3.05, 3.63) is 83.8 Å². The van der Waals surface area contributed by atoms with Crippen LogP contribution in [0.1, 0.15) is 16.1 Å². The number of aromatic nitrogens is 2. The van der Waals surface area contributed by atoms with E-state index < -0.39 is 5.91 Å². The maximum absolute atomic E-state index is 13.1. The third kappa shape index (κ3) is 4.57. The summed E-state index contributed by atoms with van der Waals surface area (Å²) in [5.74, 6) is -0.702. The van der Waals surface area contributed by atoms with Crippen molar-refractivity contribution in [2.45, 2.75) is 6.54 Å². The summed E-state index contributed by atoms with van der Waals surface area (Å²) >= 11 is 0. The Morgan fingerprint density at radius 1 is 0.960 bits per heavy atom. The van der Waals surface area contributed by atoms with Crippen molar-refractivity contribution in [3.8, 4) is 0 Å². The van der Waals surface area contributed by atoms with Crippen molar-refractivity contribution in [2.75, 3.05) is 5.32 Å². The van der Waals surface area contributed by atoms with E-state index >= 15 is 0 Å². The lowest BCUT2D eigenvalue weighted by Crippen LogP contribution is -2.24. The highest BCUT2D eigenvalue weighted by Gasteiger charge is 2.08. The number of carbonyl (C=O) groups excluding carboxylic acids is 1. The summed E-state index contributed by atoms with van der Waals surface area (Å²) in [6, 6.07) is 11.8. The number of nitrogens with zero attached hydrogens (tertiary/aromatic N) is 2. The van der Waals surface area contributed by atoms with Crippen molar-refractivity contribution in [1.82, 2.24) is 15.3 Å². The summed E-state index contributed by atoms with van der Waals surface area (Å²) in [7, 11) is 0. The van der Waals surface area contributed by atoms with E-state index in [0.717, 1.165) is 5.56 Å². The lowest BCUT2D eigenvalue weighted by atomic mass is 10.2. The zero-order valence-corrected chi connectivity index (χ0v) is 13.0. The monoisotopic (exact) mass is 340 g/mol. The number of nitrogens with one attached hydrogen (secondary N) is 2. The van der Waals surface area contributed by atoms with Gasteiger partial charge < -0.3 is 10.6 Å². The minimum Gasteiger partial charge on any atom is -0.347 e. The molecule has 2 aromatic carbocycles. The number of carbonyl (C=O) groups is 1. The van der Waals surface area contributed by atoms with Crippen molar-refractivity contribution in [1.29, 1.82) is 0 Å². The van der Waals surface area contributed by atoms with Gasteiger partial charge in [0.2, 0.25) is 0 Å². The molecule has 3 aromatic rings. The van der Waals surface area contributed by atoms with E-state index in [9.17, 15) is 13.6 Å². The second-order valence-electron chi connectivity index (χ2n) is 5.23. The van der Waals surface area contributed by atoms with Crippen LogP contribution < -0.4 is 10.6 Å². The molecule has 25 heavy (non-hydrogen) atoms. The summed E-state index contributed by atoms with van der Waals surface area (Å²) < 4.78 is 26.0. The fraction of sp³-hybridized carbons (Fsp3) is 0.0556. The molecule has 5 nitrogen and oxygen atoms in total. The Morgan fingerprint density at radius 2 is 1.76 bits per heavy atom. The van der Waals surface area contributed by atoms with E-state index in [1.807, 2.05) is 0 Å². The molecule has 126 valence electrons. The van der Waals surface area contributed by atoms with Gasteiger partial charge >= 0.3 is 0 Å². The first-order chi connectivity index (χ1) is 12.1. The lowest BCUT2D eigenvalue weighted by Gasteiger charge is -2.07. The number of benzene rings is 2. The molecule has 0 aliphatic heterocycles. The summed E-state index contributed by atoms with van der Waals surface area (Å²) in [4.78, 5) is 20.2. The highest BCUT2D eigenvalue weighted by Crippen LogP contribution is 2.14. The zero-order valence-electron chi connectivity index (χ0n) is 13.0. The van der Waals surface area contributed by atoms with Crippen LogP contribution in [0.15, 0.2) is 60.9 Å². The van der Waals surface area contributed by atoms with Crippen LogP contribution in [-0.4, -0.2) is 15.9 Å². The molecule has 0 radical (unpaired) electrons. The third-order valence-electron chi connectivity index (χ3n) is 3.35. The molecule has 0 aliphatic carbocycles. The lowest BCUT2D eigenvalue weighted by molar-refractivity contribution is 0.0945. The van der Waals surface area contributed by atoms with Crippen molar-refractivity contribution < 1.29 is 13.6 Å². The average Bonchev–Trinajstić information content (AvgIpc) is 2.62. The van der Waals surface area contributed by atoms with Gasteiger partial charge in [-0.2, -0.15) is 0 Å². The second kappa shape index (κ2) is 7.48. The van der Waals surface area contributed by atoms with Gasteiger partial charge in [0.15, 0.2) is 0 Å². The fourth-order valence-corrected chi connectivity index (χ4v) is 2.10. The maximum atomic E-state index is 13.1. The van der Waals surface area contributed by atoms with Gasteiger partial charge in [0.05, 0.1) is 12.4 Å². The molecule has 7 heteroatoms. The molecule has 0 fully saturated rings. The minimum atomic E-state index is -0.394. The van der Waals surface area contributed by atoms with E-state index in [1.165, 1.54) is 36.7 Å². The largest absolute Gasteiger partial charge is 0.347 e. The highest BCUT2D eigenvalue weighted by atomic mass is 19.1. The summed E-state index contributed by atoms with van der Waals surface area (Å²) in [5, 5.41) is 5.57. The van der Waals surface area contributed by atoms with E-state index in [4.69, 9.17) is 0 Å². The number of halogens is 2. The first kappa shape index (κ1) is 16.5. The quantitative estimate of drug-likeness (QED) is 0.747. The Morgan fingerprint density at radius 3 is 2.44 bits per heavy atom. The number of rotatable bonds is 5. The van der Waals surface area contributed by atoms with E-state index in [-0.39, 0.29) is 23.9 Å². The van der Waals surface area contributed by atoms with Gasteiger partial charge in [-0.25, -0.2) is 18.7 Å². The molecule has 3 rings (SSSR count).